The summed E-state index contributed by atoms with van der Waals surface area (Å²) in [6, 6.07) is 16.5. The number of unbranched alkanes of at least 4 members (excludes halogenated alkanes) is 1. The molecule has 188 valence electrons. The summed E-state index contributed by atoms with van der Waals surface area (Å²) in [7, 11) is -3.31. The molecule has 6 nitrogen and oxygen atoms in total. The van der Waals surface area contributed by atoms with Crippen molar-refractivity contribution < 1.29 is 13.2 Å². The smallest absolute Gasteiger partial charge is 0.213 e. The molecule has 1 saturated heterocycles. The SMILES string of the molecule is CCCCc1ccc(NCCS(=O)(=O)NCCCOc2cccc(CN3CCCCC3)c2)cc1. The second-order valence-electron chi connectivity index (χ2n) is 9.13. The van der Waals surface area contributed by atoms with Crippen LogP contribution in [-0.2, 0) is 23.0 Å². The minimum atomic E-state index is -3.31. The van der Waals surface area contributed by atoms with Gasteiger partial charge in [-0.3, -0.25) is 4.90 Å². The summed E-state index contributed by atoms with van der Waals surface area (Å²) in [6.45, 7) is 6.74. The summed E-state index contributed by atoms with van der Waals surface area (Å²) in [6.07, 6.45) is 8.00. The Labute approximate surface area is 206 Å². The van der Waals surface area contributed by atoms with E-state index in [0.29, 0.717) is 26.1 Å². The number of nitrogens with zero attached hydrogens (tertiary/aromatic N) is 1. The average molecular weight is 488 g/mol. The molecular formula is C27H41N3O3S. The molecule has 2 N–H and O–H groups in total. The van der Waals surface area contributed by atoms with Crippen LogP contribution in [0.5, 0.6) is 5.75 Å². The lowest BCUT2D eigenvalue weighted by Crippen LogP contribution is -2.31. The van der Waals surface area contributed by atoms with E-state index in [1.807, 2.05) is 24.3 Å². The van der Waals surface area contributed by atoms with Crippen LogP contribution in [0.4, 0.5) is 5.69 Å². The number of aryl methyl sites for hydroxylation is 1. The van der Waals surface area contributed by atoms with E-state index in [1.54, 1.807) is 0 Å². The number of nitrogens with one attached hydrogen (secondary N) is 2. The summed E-state index contributed by atoms with van der Waals surface area (Å²) < 4.78 is 33.1. The van der Waals surface area contributed by atoms with Crippen LogP contribution < -0.4 is 14.8 Å². The lowest BCUT2D eigenvalue weighted by atomic mass is 10.1. The molecule has 0 aromatic heterocycles. The third-order valence-corrected chi connectivity index (χ3v) is 7.52. The van der Waals surface area contributed by atoms with Crippen molar-refractivity contribution in [1.82, 2.24) is 9.62 Å². The molecule has 1 fully saturated rings. The number of likely N-dealkylation sites (tertiary alicyclic amines) is 1. The summed E-state index contributed by atoms with van der Waals surface area (Å²) in [5.41, 5.74) is 3.53. The van der Waals surface area contributed by atoms with E-state index in [0.717, 1.165) is 24.4 Å². The molecular weight excluding hydrogens is 446 g/mol. The Morgan fingerprint density at radius 1 is 0.941 bits per heavy atom. The molecule has 0 spiro atoms. The van der Waals surface area contributed by atoms with Crippen molar-refractivity contribution >= 4 is 15.7 Å². The molecule has 0 bridgehead atoms. The molecule has 2 aromatic carbocycles. The molecule has 1 aliphatic heterocycles. The van der Waals surface area contributed by atoms with Gasteiger partial charge in [-0.1, -0.05) is 44.0 Å². The predicted molar refractivity (Wildman–Crippen MR) is 141 cm³/mol. The number of ether oxygens (including phenoxy) is 1. The molecule has 7 heteroatoms. The second kappa shape index (κ2) is 14.3. The van der Waals surface area contributed by atoms with Gasteiger partial charge in [0.2, 0.25) is 10.0 Å². The number of benzene rings is 2. The van der Waals surface area contributed by atoms with Gasteiger partial charge in [0, 0.05) is 25.3 Å². The lowest BCUT2D eigenvalue weighted by Gasteiger charge is -2.26. The first kappa shape index (κ1) is 26.5. The maximum absolute atomic E-state index is 12.3. The van der Waals surface area contributed by atoms with Crippen LogP contribution in [0.15, 0.2) is 48.5 Å². The third-order valence-electron chi connectivity index (χ3n) is 6.14. The molecule has 0 saturated carbocycles. The van der Waals surface area contributed by atoms with E-state index < -0.39 is 10.0 Å². The highest BCUT2D eigenvalue weighted by Gasteiger charge is 2.11. The fraction of sp³-hybridized carbons (Fsp3) is 0.556. The number of sulfonamides is 1. The average Bonchev–Trinajstić information content (AvgIpc) is 2.84. The van der Waals surface area contributed by atoms with E-state index >= 15 is 0 Å². The maximum atomic E-state index is 12.3. The van der Waals surface area contributed by atoms with Crippen molar-refractivity contribution in [2.75, 3.05) is 43.9 Å². The van der Waals surface area contributed by atoms with Crippen molar-refractivity contribution in [2.24, 2.45) is 0 Å². The largest absolute Gasteiger partial charge is 0.494 e. The highest BCUT2D eigenvalue weighted by atomic mass is 32.2. The van der Waals surface area contributed by atoms with Crippen molar-refractivity contribution in [3.05, 3.63) is 59.7 Å². The zero-order valence-electron chi connectivity index (χ0n) is 20.6. The van der Waals surface area contributed by atoms with Gasteiger partial charge >= 0.3 is 0 Å². The Balaban J connectivity index is 1.29. The van der Waals surface area contributed by atoms with E-state index in [9.17, 15) is 8.42 Å². The highest BCUT2D eigenvalue weighted by Crippen LogP contribution is 2.18. The van der Waals surface area contributed by atoms with Crippen LogP contribution in [0.2, 0.25) is 0 Å². The van der Waals surface area contributed by atoms with Crippen LogP contribution in [0, 0.1) is 0 Å². The fourth-order valence-corrected chi connectivity index (χ4v) is 5.14. The summed E-state index contributed by atoms with van der Waals surface area (Å²) in [5.74, 6) is 0.895. The Kier molecular flexibility index (Phi) is 11.2. The topological polar surface area (TPSA) is 70.7 Å². The van der Waals surface area contributed by atoms with E-state index in [-0.39, 0.29) is 5.75 Å². The Bertz CT molecular complexity index is 942. The molecule has 1 aliphatic rings. The van der Waals surface area contributed by atoms with Gasteiger partial charge < -0.3 is 10.1 Å². The quantitative estimate of drug-likeness (QED) is 0.353. The number of anilines is 1. The Hall–Kier alpha value is -2.09. The zero-order valence-corrected chi connectivity index (χ0v) is 21.4. The Morgan fingerprint density at radius 3 is 2.50 bits per heavy atom. The van der Waals surface area contributed by atoms with Crippen LogP contribution >= 0.6 is 0 Å². The first-order valence-electron chi connectivity index (χ1n) is 12.8. The summed E-state index contributed by atoms with van der Waals surface area (Å²) in [5, 5.41) is 3.19. The Morgan fingerprint density at radius 2 is 1.74 bits per heavy atom. The molecule has 0 atom stereocenters. The fourth-order valence-electron chi connectivity index (χ4n) is 4.17. The van der Waals surface area contributed by atoms with Crippen LogP contribution in [0.25, 0.3) is 0 Å². The molecule has 0 unspecified atom stereocenters. The minimum Gasteiger partial charge on any atom is -0.494 e. The normalized spacial score (nSPS) is 14.7. The molecule has 0 aliphatic carbocycles. The van der Waals surface area contributed by atoms with Crippen molar-refractivity contribution in [3.8, 4) is 5.75 Å². The van der Waals surface area contributed by atoms with Crippen LogP contribution in [-0.4, -0.2) is 51.9 Å². The third kappa shape index (κ3) is 10.0. The highest BCUT2D eigenvalue weighted by molar-refractivity contribution is 7.89. The van der Waals surface area contributed by atoms with Crippen molar-refractivity contribution in [1.29, 1.82) is 0 Å². The summed E-state index contributed by atoms with van der Waals surface area (Å²) in [4.78, 5) is 2.49. The first-order valence-corrected chi connectivity index (χ1v) is 14.4. The van der Waals surface area contributed by atoms with Gasteiger partial charge in [-0.25, -0.2) is 13.1 Å². The van der Waals surface area contributed by atoms with Crippen LogP contribution in [0.1, 0.15) is 56.6 Å². The molecule has 0 radical (unpaired) electrons. The van der Waals surface area contributed by atoms with Gasteiger partial charge in [0.25, 0.3) is 0 Å². The predicted octanol–water partition coefficient (Wildman–Crippen LogP) is 4.82. The van der Waals surface area contributed by atoms with Gasteiger partial charge in [-0.15, -0.1) is 0 Å². The number of hydrogen-bond donors (Lipinski definition) is 2. The van der Waals surface area contributed by atoms with E-state index in [2.05, 4.69) is 46.1 Å². The maximum Gasteiger partial charge on any atom is 0.213 e. The van der Waals surface area contributed by atoms with E-state index in [4.69, 9.17) is 4.74 Å². The molecule has 2 aromatic rings. The van der Waals surface area contributed by atoms with Gasteiger partial charge in [0.1, 0.15) is 5.75 Å². The van der Waals surface area contributed by atoms with E-state index in [1.165, 1.54) is 56.3 Å². The zero-order chi connectivity index (χ0) is 24.1. The van der Waals surface area contributed by atoms with Gasteiger partial charge in [-0.2, -0.15) is 0 Å². The van der Waals surface area contributed by atoms with Gasteiger partial charge in [-0.05, 0) is 80.6 Å². The van der Waals surface area contributed by atoms with Crippen molar-refractivity contribution in [2.45, 2.75) is 58.4 Å². The monoisotopic (exact) mass is 487 g/mol. The van der Waals surface area contributed by atoms with Crippen molar-refractivity contribution in [3.63, 3.8) is 0 Å². The van der Waals surface area contributed by atoms with Crippen LogP contribution in [0.3, 0.4) is 0 Å². The molecule has 1 heterocycles. The second-order valence-corrected chi connectivity index (χ2v) is 11.1. The number of hydrogen-bond acceptors (Lipinski definition) is 5. The molecule has 0 amide bonds. The lowest BCUT2D eigenvalue weighted by molar-refractivity contribution is 0.220. The molecule has 34 heavy (non-hydrogen) atoms. The molecule has 3 rings (SSSR count). The van der Waals surface area contributed by atoms with Gasteiger partial charge in [0.05, 0.1) is 12.4 Å². The van der Waals surface area contributed by atoms with Gasteiger partial charge in [0.15, 0.2) is 0 Å². The number of piperidine rings is 1. The summed E-state index contributed by atoms with van der Waals surface area (Å²) >= 11 is 0. The first-order chi connectivity index (χ1) is 16.5. The minimum absolute atomic E-state index is 0.0456. The standard InChI is InChI=1S/C27H41N3O3S/c1-2-3-9-24-12-14-26(15-13-24)28-17-21-34(31,32)29-16-8-20-33-27-11-7-10-25(22-27)23-30-18-5-4-6-19-30/h7,10-15,22,28-29H,2-6,8-9,16-21,23H2,1H3. The number of rotatable bonds is 15.